The molecule has 0 bridgehead atoms. The van der Waals surface area contributed by atoms with E-state index >= 15 is 0 Å². The molecule has 0 spiro atoms. The predicted octanol–water partition coefficient (Wildman–Crippen LogP) is -0.889. The molecule has 0 aromatic carbocycles. The van der Waals surface area contributed by atoms with Crippen molar-refractivity contribution in [3.05, 3.63) is 0 Å². The Labute approximate surface area is 102 Å². The van der Waals surface area contributed by atoms with Gasteiger partial charge in [0.15, 0.2) is 0 Å². The highest BCUT2D eigenvalue weighted by Gasteiger charge is 2.04. The Bertz CT molecular complexity index is 200. The fourth-order valence-corrected chi connectivity index (χ4v) is 1.08. The molecule has 0 aliphatic rings. The van der Waals surface area contributed by atoms with Crippen molar-refractivity contribution >= 4 is 5.91 Å². The minimum absolute atomic E-state index is 0.0677. The lowest BCUT2D eigenvalue weighted by Gasteiger charge is -2.13. The number of aliphatic hydroxyl groups excluding tert-OH is 1. The first-order valence-corrected chi connectivity index (χ1v) is 5.85. The summed E-state index contributed by atoms with van der Waals surface area (Å²) in [5.74, 6) is -0.00974. The molecule has 102 valence electrons. The highest BCUT2D eigenvalue weighted by Crippen LogP contribution is 1.93. The van der Waals surface area contributed by atoms with Gasteiger partial charge in [-0.05, 0) is 5.92 Å². The molecule has 1 atom stereocenters. The lowest BCUT2D eigenvalue weighted by atomic mass is 10.2. The summed E-state index contributed by atoms with van der Waals surface area (Å²) in [6.45, 7) is 6.42. The van der Waals surface area contributed by atoms with Crippen molar-refractivity contribution in [3.63, 3.8) is 0 Å². The number of amides is 1. The number of nitrogens with two attached hydrogens (primary N) is 1. The topological polar surface area (TPSA) is 93.8 Å². The number of rotatable bonds is 11. The summed E-state index contributed by atoms with van der Waals surface area (Å²) in [6, 6.07) is 0. The average Bonchev–Trinajstić information content (AvgIpc) is 2.22. The molecule has 17 heavy (non-hydrogen) atoms. The first kappa shape index (κ1) is 16.3. The van der Waals surface area contributed by atoms with E-state index in [9.17, 15) is 9.90 Å². The van der Waals surface area contributed by atoms with Gasteiger partial charge in [-0.1, -0.05) is 13.8 Å². The first-order valence-electron chi connectivity index (χ1n) is 5.85. The Morgan fingerprint density at radius 1 is 1.35 bits per heavy atom. The van der Waals surface area contributed by atoms with Crippen LogP contribution in [-0.2, 0) is 14.3 Å². The second kappa shape index (κ2) is 10.5. The van der Waals surface area contributed by atoms with E-state index in [0.29, 0.717) is 38.8 Å². The monoisotopic (exact) mass is 248 g/mol. The Balaban J connectivity index is 3.21. The quantitative estimate of drug-likeness (QED) is 0.412. The van der Waals surface area contributed by atoms with Gasteiger partial charge < -0.3 is 25.6 Å². The fourth-order valence-electron chi connectivity index (χ4n) is 1.08. The zero-order valence-electron chi connectivity index (χ0n) is 10.6. The molecule has 0 aromatic heterocycles. The molecule has 0 aromatic rings. The highest BCUT2D eigenvalue weighted by atomic mass is 16.5. The number of carbonyl (C=O) groups is 1. The van der Waals surface area contributed by atoms with Crippen LogP contribution in [0.25, 0.3) is 0 Å². The van der Waals surface area contributed by atoms with Crippen LogP contribution in [0.2, 0.25) is 0 Å². The molecular weight excluding hydrogens is 224 g/mol. The van der Waals surface area contributed by atoms with E-state index in [2.05, 4.69) is 19.2 Å². The fraction of sp³-hybridized carbons (Fsp3) is 0.909. The number of primary amides is 1. The molecule has 0 saturated heterocycles. The molecule has 1 amide bonds. The van der Waals surface area contributed by atoms with E-state index in [1.165, 1.54) is 0 Å². The number of hydrogen-bond acceptors (Lipinski definition) is 5. The maximum absolute atomic E-state index is 10.3. The number of hydrogen-bond donors (Lipinski definition) is 3. The van der Waals surface area contributed by atoms with Crippen LogP contribution in [0.1, 0.15) is 13.8 Å². The minimum Gasteiger partial charge on any atom is -0.389 e. The number of ether oxygens (including phenoxy) is 2. The lowest BCUT2D eigenvalue weighted by molar-refractivity contribution is -0.122. The zero-order chi connectivity index (χ0) is 13.1. The van der Waals surface area contributed by atoms with Crippen molar-refractivity contribution < 1.29 is 19.4 Å². The Morgan fingerprint density at radius 2 is 2.06 bits per heavy atom. The van der Waals surface area contributed by atoms with Gasteiger partial charge in [-0.25, -0.2) is 0 Å². The second-order valence-electron chi connectivity index (χ2n) is 4.31. The summed E-state index contributed by atoms with van der Waals surface area (Å²) in [5, 5.41) is 12.5. The standard InChI is InChI=1S/C11H24N2O4/c1-9(2)6-17-7-10(14)5-13-3-4-16-8-11(12)15/h9-10,13-14H,3-8H2,1-2H3,(H2,12,15). The van der Waals surface area contributed by atoms with Crippen LogP contribution in [0.3, 0.4) is 0 Å². The van der Waals surface area contributed by atoms with Crippen molar-refractivity contribution in [2.75, 3.05) is 39.5 Å². The van der Waals surface area contributed by atoms with Gasteiger partial charge in [0, 0.05) is 19.7 Å². The second-order valence-corrected chi connectivity index (χ2v) is 4.31. The molecule has 0 saturated carbocycles. The Morgan fingerprint density at radius 3 is 2.65 bits per heavy atom. The van der Waals surface area contributed by atoms with E-state index in [1.54, 1.807) is 0 Å². The van der Waals surface area contributed by atoms with Crippen LogP contribution in [-0.4, -0.2) is 56.6 Å². The van der Waals surface area contributed by atoms with E-state index in [0.717, 1.165) is 0 Å². The van der Waals surface area contributed by atoms with E-state index < -0.39 is 12.0 Å². The lowest BCUT2D eigenvalue weighted by Crippen LogP contribution is -2.33. The molecule has 0 aliphatic carbocycles. The van der Waals surface area contributed by atoms with Crippen LogP contribution in [0.5, 0.6) is 0 Å². The summed E-state index contributed by atoms with van der Waals surface area (Å²) in [4.78, 5) is 10.3. The average molecular weight is 248 g/mol. The largest absolute Gasteiger partial charge is 0.389 e. The molecule has 0 rings (SSSR count). The Hall–Kier alpha value is -0.690. The van der Waals surface area contributed by atoms with Crippen molar-refractivity contribution in [2.45, 2.75) is 20.0 Å². The number of carbonyl (C=O) groups excluding carboxylic acids is 1. The van der Waals surface area contributed by atoms with Crippen LogP contribution in [0, 0.1) is 5.92 Å². The smallest absolute Gasteiger partial charge is 0.243 e. The third kappa shape index (κ3) is 13.2. The molecule has 1 unspecified atom stereocenters. The maximum Gasteiger partial charge on any atom is 0.243 e. The summed E-state index contributed by atoms with van der Waals surface area (Å²) < 4.78 is 10.2. The zero-order valence-corrected chi connectivity index (χ0v) is 10.6. The molecule has 0 radical (unpaired) electrons. The van der Waals surface area contributed by atoms with Crippen LogP contribution >= 0.6 is 0 Å². The number of nitrogens with one attached hydrogen (secondary N) is 1. The summed E-state index contributed by atoms with van der Waals surface area (Å²) in [6.07, 6.45) is -0.523. The normalized spacial score (nSPS) is 12.9. The van der Waals surface area contributed by atoms with Gasteiger partial charge in [0.25, 0.3) is 0 Å². The third-order valence-electron chi connectivity index (χ3n) is 1.81. The molecule has 6 heteroatoms. The van der Waals surface area contributed by atoms with Gasteiger partial charge in [0.1, 0.15) is 6.61 Å². The van der Waals surface area contributed by atoms with Gasteiger partial charge in [0.2, 0.25) is 5.91 Å². The van der Waals surface area contributed by atoms with Crippen LogP contribution < -0.4 is 11.1 Å². The minimum atomic E-state index is -0.523. The molecule has 6 nitrogen and oxygen atoms in total. The SMILES string of the molecule is CC(C)COCC(O)CNCCOCC(N)=O. The number of aliphatic hydroxyl groups is 1. The molecule has 0 aliphatic heterocycles. The first-order chi connectivity index (χ1) is 8.02. The highest BCUT2D eigenvalue weighted by molar-refractivity contribution is 5.74. The van der Waals surface area contributed by atoms with Crippen molar-refractivity contribution in [3.8, 4) is 0 Å². The summed E-state index contributed by atoms with van der Waals surface area (Å²) >= 11 is 0. The van der Waals surface area contributed by atoms with Gasteiger partial charge in [0.05, 0.1) is 19.3 Å². The van der Waals surface area contributed by atoms with Gasteiger partial charge >= 0.3 is 0 Å². The Kier molecular flexibility index (Phi) is 10.0. The van der Waals surface area contributed by atoms with E-state index in [-0.39, 0.29) is 6.61 Å². The van der Waals surface area contributed by atoms with Crippen LogP contribution in [0.4, 0.5) is 0 Å². The molecule has 4 N–H and O–H groups in total. The molecule has 0 heterocycles. The van der Waals surface area contributed by atoms with Gasteiger partial charge in [-0.2, -0.15) is 0 Å². The summed E-state index contributed by atoms with van der Waals surface area (Å²) in [5.41, 5.74) is 4.89. The predicted molar refractivity (Wildman–Crippen MR) is 64.5 cm³/mol. The van der Waals surface area contributed by atoms with Crippen molar-refractivity contribution in [2.24, 2.45) is 11.7 Å². The maximum atomic E-state index is 10.3. The molecule has 0 fully saturated rings. The van der Waals surface area contributed by atoms with Gasteiger partial charge in [-0.15, -0.1) is 0 Å². The molecular formula is C11H24N2O4. The van der Waals surface area contributed by atoms with Crippen molar-refractivity contribution in [1.29, 1.82) is 0 Å². The van der Waals surface area contributed by atoms with E-state index in [1.807, 2.05) is 0 Å². The van der Waals surface area contributed by atoms with Crippen LogP contribution in [0.15, 0.2) is 0 Å². The third-order valence-corrected chi connectivity index (χ3v) is 1.81. The van der Waals surface area contributed by atoms with E-state index in [4.69, 9.17) is 15.2 Å². The summed E-state index contributed by atoms with van der Waals surface area (Å²) in [7, 11) is 0. The van der Waals surface area contributed by atoms with Gasteiger partial charge in [-0.3, -0.25) is 4.79 Å². The van der Waals surface area contributed by atoms with Crippen molar-refractivity contribution in [1.82, 2.24) is 5.32 Å².